The Kier molecular flexibility index (Phi) is 4.80. The number of ether oxygens (including phenoxy) is 1. The quantitative estimate of drug-likeness (QED) is 0.718. The topological polar surface area (TPSA) is 32.8 Å². The Labute approximate surface area is 104 Å². The van der Waals surface area contributed by atoms with Gasteiger partial charge in [-0.1, -0.05) is 0 Å². The van der Waals surface area contributed by atoms with Crippen LogP contribution in [0.3, 0.4) is 0 Å². The van der Waals surface area contributed by atoms with Crippen LogP contribution >= 0.6 is 0 Å². The maximum Gasteiger partial charge on any atom is 0.222 e. The number of hydrogen-bond donors (Lipinski definition) is 0. The summed E-state index contributed by atoms with van der Waals surface area (Å²) in [7, 11) is 1.92. The number of carbonyl (C=O) groups excluding carboxylic acids is 1. The van der Waals surface area contributed by atoms with E-state index in [1.165, 1.54) is 25.9 Å². The second kappa shape index (κ2) is 6.36. The maximum atomic E-state index is 12.0. The molecule has 0 aromatic rings. The fourth-order valence-corrected chi connectivity index (χ4v) is 2.57. The highest BCUT2D eigenvalue weighted by molar-refractivity contribution is 5.76. The van der Waals surface area contributed by atoms with Gasteiger partial charge in [0.05, 0.1) is 0 Å². The van der Waals surface area contributed by atoms with Gasteiger partial charge in [0.15, 0.2) is 0 Å². The van der Waals surface area contributed by atoms with Crippen molar-refractivity contribution in [3.63, 3.8) is 0 Å². The standard InChI is InChI=1S/C13H24N2O2/c1-14(7-8-15-5-2-3-6-15)13(16)10-12-4-9-17-11-12/h12H,2-11H2,1H3/t12-/m0/s1. The minimum Gasteiger partial charge on any atom is -0.381 e. The van der Waals surface area contributed by atoms with Gasteiger partial charge in [0.1, 0.15) is 0 Å². The lowest BCUT2D eigenvalue weighted by Crippen LogP contribution is -2.36. The number of hydrogen-bond acceptors (Lipinski definition) is 3. The van der Waals surface area contributed by atoms with E-state index in [2.05, 4.69) is 4.90 Å². The van der Waals surface area contributed by atoms with Crippen LogP contribution in [0.25, 0.3) is 0 Å². The van der Waals surface area contributed by atoms with Crippen LogP contribution in [0, 0.1) is 5.92 Å². The zero-order chi connectivity index (χ0) is 12.1. The summed E-state index contributed by atoms with van der Waals surface area (Å²) in [5.41, 5.74) is 0. The summed E-state index contributed by atoms with van der Waals surface area (Å²) in [5, 5.41) is 0. The molecule has 4 heteroatoms. The Balaban J connectivity index is 1.63. The summed E-state index contributed by atoms with van der Waals surface area (Å²) in [4.78, 5) is 16.3. The highest BCUT2D eigenvalue weighted by Crippen LogP contribution is 2.17. The smallest absolute Gasteiger partial charge is 0.222 e. The van der Waals surface area contributed by atoms with E-state index in [9.17, 15) is 4.79 Å². The molecule has 2 fully saturated rings. The zero-order valence-electron chi connectivity index (χ0n) is 10.9. The molecule has 98 valence electrons. The van der Waals surface area contributed by atoms with E-state index in [1.807, 2.05) is 11.9 Å². The number of likely N-dealkylation sites (N-methyl/N-ethyl adjacent to an activating group) is 1. The van der Waals surface area contributed by atoms with Gasteiger partial charge in [-0.2, -0.15) is 0 Å². The molecule has 2 aliphatic rings. The molecule has 0 bridgehead atoms. The first-order valence-corrected chi connectivity index (χ1v) is 6.80. The van der Waals surface area contributed by atoms with Crippen LogP contribution in [0.1, 0.15) is 25.7 Å². The molecule has 0 unspecified atom stereocenters. The van der Waals surface area contributed by atoms with Crippen LogP contribution in [-0.4, -0.2) is 62.1 Å². The molecule has 17 heavy (non-hydrogen) atoms. The predicted octanol–water partition coefficient (Wildman–Crippen LogP) is 0.967. The Morgan fingerprint density at radius 2 is 2.18 bits per heavy atom. The zero-order valence-corrected chi connectivity index (χ0v) is 10.9. The van der Waals surface area contributed by atoms with Crippen LogP contribution in [-0.2, 0) is 9.53 Å². The van der Waals surface area contributed by atoms with Gasteiger partial charge >= 0.3 is 0 Å². The van der Waals surface area contributed by atoms with Crippen LogP contribution < -0.4 is 0 Å². The molecule has 0 aliphatic carbocycles. The van der Waals surface area contributed by atoms with Crippen molar-refractivity contribution in [1.29, 1.82) is 0 Å². The SMILES string of the molecule is CN(CCN1CCCC1)C(=O)C[C@@H]1CCOC1. The Morgan fingerprint density at radius 3 is 2.82 bits per heavy atom. The fraction of sp³-hybridized carbons (Fsp3) is 0.923. The average Bonchev–Trinajstić information content (AvgIpc) is 2.98. The van der Waals surface area contributed by atoms with Crippen LogP contribution in [0.4, 0.5) is 0 Å². The van der Waals surface area contributed by atoms with Gasteiger partial charge < -0.3 is 14.5 Å². The number of nitrogens with zero attached hydrogens (tertiary/aromatic N) is 2. The summed E-state index contributed by atoms with van der Waals surface area (Å²) >= 11 is 0. The molecule has 0 saturated carbocycles. The van der Waals surface area contributed by atoms with E-state index in [-0.39, 0.29) is 5.91 Å². The van der Waals surface area contributed by atoms with Crippen LogP contribution in [0.2, 0.25) is 0 Å². The fourth-order valence-electron chi connectivity index (χ4n) is 2.57. The van der Waals surface area contributed by atoms with Gasteiger partial charge in [-0.25, -0.2) is 0 Å². The first-order valence-electron chi connectivity index (χ1n) is 6.80. The minimum atomic E-state index is 0.277. The third kappa shape index (κ3) is 3.96. The Hall–Kier alpha value is -0.610. The van der Waals surface area contributed by atoms with Gasteiger partial charge in [0, 0.05) is 39.8 Å². The van der Waals surface area contributed by atoms with E-state index in [1.54, 1.807) is 0 Å². The number of rotatable bonds is 5. The normalized spacial score (nSPS) is 25.4. The van der Waals surface area contributed by atoms with Crippen molar-refractivity contribution in [1.82, 2.24) is 9.80 Å². The number of amides is 1. The van der Waals surface area contributed by atoms with Gasteiger partial charge in [0.2, 0.25) is 5.91 Å². The maximum absolute atomic E-state index is 12.0. The summed E-state index contributed by atoms with van der Waals surface area (Å²) in [5.74, 6) is 0.733. The largest absolute Gasteiger partial charge is 0.381 e. The molecule has 2 aliphatic heterocycles. The van der Waals surface area contributed by atoms with Crippen molar-refractivity contribution >= 4 is 5.91 Å². The lowest BCUT2D eigenvalue weighted by molar-refractivity contribution is -0.131. The summed E-state index contributed by atoms with van der Waals surface area (Å²) < 4.78 is 5.30. The third-order valence-electron chi connectivity index (χ3n) is 3.86. The van der Waals surface area contributed by atoms with Crippen LogP contribution in [0.15, 0.2) is 0 Å². The molecule has 0 aromatic carbocycles. The molecule has 0 N–H and O–H groups in total. The molecule has 2 heterocycles. The summed E-state index contributed by atoms with van der Waals surface area (Å²) in [6.07, 6.45) is 4.34. The van der Waals surface area contributed by atoms with Gasteiger partial charge in [-0.15, -0.1) is 0 Å². The lowest BCUT2D eigenvalue weighted by Gasteiger charge is -2.22. The van der Waals surface area contributed by atoms with Crippen molar-refractivity contribution < 1.29 is 9.53 Å². The molecule has 0 radical (unpaired) electrons. The van der Waals surface area contributed by atoms with Gasteiger partial charge in [-0.3, -0.25) is 4.79 Å². The molecule has 2 rings (SSSR count). The Morgan fingerprint density at radius 1 is 1.41 bits per heavy atom. The molecular weight excluding hydrogens is 216 g/mol. The van der Waals surface area contributed by atoms with E-state index in [0.717, 1.165) is 32.7 Å². The molecule has 0 spiro atoms. The number of likely N-dealkylation sites (tertiary alicyclic amines) is 1. The molecular formula is C13H24N2O2. The first kappa shape index (κ1) is 12.8. The van der Waals surface area contributed by atoms with E-state index in [0.29, 0.717) is 12.3 Å². The van der Waals surface area contributed by atoms with Crippen molar-refractivity contribution in [2.45, 2.75) is 25.7 Å². The molecule has 1 amide bonds. The van der Waals surface area contributed by atoms with Crippen molar-refractivity contribution in [3.05, 3.63) is 0 Å². The highest BCUT2D eigenvalue weighted by Gasteiger charge is 2.21. The lowest BCUT2D eigenvalue weighted by atomic mass is 10.0. The van der Waals surface area contributed by atoms with E-state index >= 15 is 0 Å². The average molecular weight is 240 g/mol. The van der Waals surface area contributed by atoms with Crippen molar-refractivity contribution in [3.8, 4) is 0 Å². The van der Waals surface area contributed by atoms with Crippen molar-refractivity contribution in [2.24, 2.45) is 5.92 Å². The molecule has 0 aromatic heterocycles. The number of carbonyl (C=O) groups is 1. The molecule has 2 saturated heterocycles. The summed E-state index contributed by atoms with van der Waals surface area (Å²) in [6, 6.07) is 0. The second-order valence-corrected chi connectivity index (χ2v) is 5.30. The third-order valence-corrected chi connectivity index (χ3v) is 3.86. The Bertz CT molecular complexity index is 246. The van der Waals surface area contributed by atoms with Gasteiger partial charge in [0.25, 0.3) is 0 Å². The van der Waals surface area contributed by atoms with E-state index < -0.39 is 0 Å². The van der Waals surface area contributed by atoms with E-state index in [4.69, 9.17) is 4.74 Å². The molecule has 1 atom stereocenters. The highest BCUT2D eigenvalue weighted by atomic mass is 16.5. The monoisotopic (exact) mass is 240 g/mol. The van der Waals surface area contributed by atoms with Crippen molar-refractivity contribution in [2.75, 3.05) is 46.4 Å². The molecule has 4 nitrogen and oxygen atoms in total. The first-order chi connectivity index (χ1) is 8.25. The minimum absolute atomic E-state index is 0.277. The predicted molar refractivity (Wildman–Crippen MR) is 66.9 cm³/mol. The van der Waals surface area contributed by atoms with Crippen LogP contribution in [0.5, 0.6) is 0 Å². The second-order valence-electron chi connectivity index (χ2n) is 5.30. The summed E-state index contributed by atoms with van der Waals surface area (Å²) in [6.45, 7) is 5.91. The van der Waals surface area contributed by atoms with Gasteiger partial charge in [-0.05, 0) is 38.3 Å².